The van der Waals surface area contributed by atoms with Crippen molar-refractivity contribution < 1.29 is 13.2 Å². The highest BCUT2D eigenvalue weighted by Crippen LogP contribution is 2.18. The largest absolute Gasteiger partial charge is 0.327 e. The van der Waals surface area contributed by atoms with E-state index < -0.39 is 10.0 Å². The predicted octanol–water partition coefficient (Wildman–Crippen LogP) is 0.644. The highest BCUT2D eigenvalue weighted by molar-refractivity contribution is 7.89. The Bertz CT molecular complexity index is 669. The van der Waals surface area contributed by atoms with Crippen LogP contribution in [0.4, 0.5) is 4.79 Å². The number of rotatable bonds is 3. The van der Waals surface area contributed by atoms with E-state index in [1.165, 1.54) is 4.31 Å². The van der Waals surface area contributed by atoms with Gasteiger partial charge in [-0.15, -0.1) is 6.42 Å². The Morgan fingerprint density at radius 1 is 1.23 bits per heavy atom. The van der Waals surface area contributed by atoms with Crippen LogP contribution in [0.15, 0.2) is 29.2 Å². The van der Waals surface area contributed by atoms with Crippen LogP contribution in [0.3, 0.4) is 0 Å². The van der Waals surface area contributed by atoms with Gasteiger partial charge in [-0.3, -0.25) is 0 Å². The number of nitrogens with zero attached hydrogens (tertiary/aromatic N) is 2. The van der Waals surface area contributed by atoms with Crippen LogP contribution in [0.25, 0.3) is 0 Å². The number of nitrogens with one attached hydrogen (secondary N) is 1. The zero-order valence-electron chi connectivity index (χ0n) is 12.4. The first kappa shape index (κ1) is 16.3. The van der Waals surface area contributed by atoms with E-state index in [-0.39, 0.29) is 30.6 Å². The third-order valence-corrected chi connectivity index (χ3v) is 5.44. The van der Waals surface area contributed by atoms with Gasteiger partial charge in [0.25, 0.3) is 0 Å². The lowest BCUT2D eigenvalue weighted by atomic mass is 10.2. The Morgan fingerprint density at radius 3 is 2.36 bits per heavy atom. The molecule has 0 aromatic heterocycles. The molecule has 0 aliphatic carbocycles. The molecule has 2 amide bonds. The van der Waals surface area contributed by atoms with Gasteiger partial charge in [0.05, 0.1) is 11.4 Å². The summed E-state index contributed by atoms with van der Waals surface area (Å²) in [4.78, 5) is 13.6. The van der Waals surface area contributed by atoms with Gasteiger partial charge in [0, 0.05) is 26.2 Å². The summed E-state index contributed by atoms with van der Waals surface area (Å²) in [7, 11) is -3.50. The molecule has 1 N–H and O–H groups in total. The van der Waals surface area contributed by atoms with Crippen molar-refractivity contribution in [2.45, 2.75) is 11.8 Å². The number of carbonyl (C=O) groups is 1. The van der Waals surface area contributed by atoms with Gasteiger partial charge >= 0.3 is 6.03 Å². The maximum atomic E-state index is 12.5. The third-order valence-electron chi connectivity index (χ3n) is 3.53. The second-order valence-electron chi connectivity index (χ2n) is 5.07. The highest BCUT2D eigenvalue weighted by atomic mass is 32.2. The topological polar surface area (TPSA) is 69.7 Å². The maximum absolute atomic E-state index is 12.5. The first-order valence-corrected chi connectivity index (χ1v) is 8.42. The second-order valence-corrected chi connectivity index (χ2v) is 7.00. The summed E-state index contributed by atoms with van der Waals surface area (Å²) in [5.41, 5.74) is 1.01. The molecule has 0 atom stereocenters. The van der Waals surface area contributed by atoms with Crippen molar-refractivity contribution >= 4 is 16.1 Å². The summed E-state index contributed by atoms with van der Waals surface area (Å²) in [6, 6.07) is 6.51. The van der Waals surface area contributed by atoms with Crippen molar-refractivity contribution in [2.75, 3.05) is 32.7 Å². The zero-order valence-corrected chi connectivity index (χ0v) is 13.3. The number of amides is 2. The minimum absolute atomic E-state index is 0.167. The van der Waals surface area contributed by atoms with Crippen molar-refractivity contribution in [1.29, 1.82) is 0 Å². The van der Waals surface area contributed by atoms with Crippen LogP contribution < -0.4 is 5.32 Å². The Balaban J connectivity index is 2.00. The molecule has 22 heavy (non-hydrogen) atoms. The van der Waals surface area contributed by atoms with Crippen molar-refractivity contribution in [3.63, 3.8) is 0 Å². The first-order valence-electron chi connectivity index (χ1n) is 6.98. The van der Waals surface area contributed by atoms with E-state index >= 15 is 0 Å². The van der Waals surface area contributed by atoms with Gasteiger partial charge in [-0.2, -0.15) is 4.31 Å². The molecule has 0 saturated carbocycles. The van der Waals surface area contributed by atoms with Crippen molar-refractivity contribution in [3.05, 3.63) is 29.8 Å². The standard InChI is InChI=1S/C15H19N3O3S/c1-3-8-16-15(19)17-9-11-18(12-10-17)22(20,21)14-6-4-13(2)5-7-14/h1,4-7H,8-12H2,2H3,(H,16,19). The molecule has 118 valence electrons. The molecule has 0 bridgehead atoms. The number of piperazine rings is 1. The van der Waals surface area contributed by atoms with Gasteiger partial charge in [-0.25, -0.2) is 13.2 Å². The predicted molar refractivity (Wildman–Crippen MR) is 83.7 cm³/mol. The van der Waals surface area contributed by atoms with Gasteiger partial charge in [-0.05, 0) is 19.1 Å². The van der Waals surface area contributed by atoms with Gasteiger partial charge in [-0.1, -0.05) is 23.6 Å². The van der Waals surface area contributed by atoms with Crippen LogP contribution in [-0.4, -0.2) is 56.4 Å². The molecule has 1 aliphatic rings. The van der Waals surface area contributed by atoms with E-state index in [0.717, 1.165) is 5.56 Å². The summed E-state index contributed by atoms with van der Waals surface area (Å²) in [6.07, 6.45) is 5.09. The number of urea groups is 1. The van der Waals surface area contributed by atoms with Crippen LogP contribution in [0.5, 0.6) is 0 Å². The van der Waals surface area contributed by atoms with Crippen LogP contribution in [0.2, 0.25) is 0 Å². The van der Waals surface area contributed by atoms with Gasteiger partial charge in [0.1, 0.15) is 0 Å². The van der Waals surface area contributed by atoms with Gasteiger partial charge < -0.3 is 10.2 Å². The number of sulfonamides is 1. The Labute approximate surface area is 131 Å². The summed E-state index contributed by atoms with van der Waals surface area (Å²) in [5, 5.41) is 2.58. The SMILES string of the molecule is C#CCNC(=O)N1CCN(S(=O)(=O)c2ccc(C)cc2)CC1. The molecule has 7 heteroatoms. The van der Waals surface area contributed by atoms with Crippen LogP contribution >= 0.6 is 0 Å². The fraction of sp³-hybridized carbons (Fsp3) is 0.400. The zero-order chi connectivity index (χ0) is 16.2. The summed E-state index contributed by atoms with van der Waals surface area (Å²) in [6.45, 7) is 3.33. The molecule has 1 aromatic carbocycles. The molecule has 1 fully saturated rings. The molecule has 1 heterocycles. The first-order chi connectivity index (χ1) is 10.4. The molecule has 0 unspecified atom stereocenters. The molecule has 0 spiro atoms. The summed E-state index contributed by atoms with van der Waals surface area (Å²) >= 11 is 0. The summed E-state index contributed by atoms with van der Waals surface area (Å²) in [5.74, 6) is 2.33. The fourth-order valence-electron chi connectivity index (χ4n) is 2.23. The number of hydrogen-bond acceptors (Lipinski definition) is 3. The Kier molecular flexibility index (Phi) is 5.06. The van der Waals surface area contributed by atoms with E-state index in [1.807, 2.05) is 6.92 Å². The molecular formula is C15H19N3O3S. The lowest BCUT2D eigenvalue weighted by Gasteiger charge is -2.33. The molecular weight excluding hydrogens is 302 g/mol. The Morgan fingerprint density at radius 2 is 1.82 bits per heavy atom. The third kappa shape index (κ3) is 3.59. The van der Waals surface area contributed by atoms with Crippen molar-refractivity contribution in [2.24, 2.45) is 0 Å². The molecule has 0 radical (unpaired) electrons. The normalized spacial score (nSPS) is 16.1. The quantitative estimate of drug-likeness (QED) is 0.831. The average molecular weight is 321 g/mol. The minimum Gasteiger partial charge on any atom is -0.327 e. The van der Waals surface area contributed by atoms with Crippen LogP contribution in [0, 0.1) is 19.3 Å². The molecule has 1 aliphatic heterocycles. The van der Waals surface area contributed by atoms with E-state index in [9.17, 15) is 13.2 Å². The highest BCUT2D eigenvalue weighted by Gasteiger charge is 2.29. The van der Waals surface area contributed by atoms with Gasteiger partial charge in [0.2, 0.25) is 10.0 Å². The molecule has 1 saturated heterocycles. The van der Waals surface area contributed by atoms with Crippen LogP contribution in [0.1, 0.15) is 5.56 Å². The number of hydrogen-bond donors (Lipinski definition) is 1. The minimum atomic E-state index is -3.50. The second kappa shape index (κ2) is 6.81. The lowest BCUT2D eigenvalue weighted by molar-refractivity contribution is 0.173. The molecule has 1 aromatic rings. The van der Waals surface area contributed by atoms with Crippen molar-refractivity contribution in [1.82, 2.24) is 14.5 Å². The number of benzene rings is 1. The van der Waals surface area contributed by atoms with Gasteiger partial charge in [0.15, 0.2) is 0 Å². The average Bonchev–Trinajstić information content (AvgIpc) is 2.53. The van der Waals surface area contributed by atoms with Crippen LogP contribution in [-0.2, 0) is 10.0 Å². The maximum Gasteiger partial charge on any atom is 0.318 e. The van der Waals surface area contributed by atoms with E-state index in [0.29, 0.717) is 13.1 Å². The smallest absolute Gasteiger partial charge is 0.318 e. The van der Waals surface area contributed by atoms with E-state index in [2.05, 4.69) is 11.2 Å². The van der Waals surface area contributed by atoms with Crippen molar-refractivity contribution in [3.8, 4) is 12.3 Å². The number of carbonyl (C=O) groups excluding carboxylic acids is 1. The molecule has 2 rings (SSSR count). The number of aryl methyl sites for hydroxylation is 1. The van der Waals surface area contributed by atoms with E-state index in [1.54, 1.807) is 29.2 Å². The monoisotopic (exact) mass is 321 g/mol. The fourth-order valence-corrected chi connectivity index (χ4v) is 3.65. The Hall–Kier alpha value is -2.04. The van der Waals surface area contributed by atoms with E-state index in [4.69, 9.17) is 6.42 Å². The molecule has 6 nitrogen and oxygen atoms in total. The lowest BCUT2D eigenvalue weighted by Crippen LogP contribution is -2.53. The number of terminal acetylenes is 1. The summed E-state index contributed by atoms with van der Waals surface area (Å²) < 4.78 is 26.5.